The van der Waals surface area contributed by atoms with E-state index in [1.54, 1.807) is 18.3 Å². The first kappa shape index (κ1) is 23.5. The zero-order chi connectivity index (χ0) is 24.9. The van der Waals surface area contributed by atoms with Gasteiger partial charge in [0.25, 0.3) is 5.91 Å². The Morgan fingerprint density at radius 3 is 2.69 bits per heavy atom. The Balaban J connectivity index is 1.24. The summed E-state index contributed by atoms with van der Waals surface area (Å²) in [4.78, 5) is 20.5. The lowest BCUT2D eigenvalue weighted by Crippen LogP contribution is -2.43. The monoisotopic (exact) mass is 509 g/mol. The molecule has 0 saturated carbocycles. The fourth-order valence-electron chi connectivity index (χ4n) is 5.31. The average molecular weight is 510 g/mol. The van der Waals surface area contributed by atoms with Crippen molar-refractivity contribution in [3.05, 3.63) is 59.5 Å². The molecule has 2 aliphatic heterocycles. The molecule has 2 aliphatic rings. The second-order valence-corrected chi connectivity index (χ2v) is 11.0. The molecule has 2 aromatic carbocycles. The van der Waals surface area contributed by atoms with Gasteiger partial charge in [-0.2, -0.15) is 0 Å². The molecule has 0 unspecified atom stereocenters. The minimum Gasteiger partial charge on any atom is -0.349 e. The number of nitrogens with zero attached hydrogens (tertiary/aromatic N) is 3. The highest BCUT2D eigenvalue weighted by Gasteiger charge is 2.34. The summed E-state index contributed by atoms with van der Waals surface area (Å²) >= 11 is 1.46. The van der Waals surface area contributed by atoms with E-state index in [0.717, 1.165) is 41.1 Å². The summed E-state index contributed by atoms with van der Waals surface area (Å²) in [7, 11) is 2.10. The molecule has 36 heavy (non-hydrogen) atoms. The van der Waals surface area contributed by atoms with E-state index in [1.807, 2.05) is 22.6 Å². The van der Waals surface area contributed by atoms with Crippen molar-refractivity contribution < 1.29 is 13.6 Å². The topological polar surface area (TPSA) is 61.7 Å². The van der Waals surface area contributed by atoms with E-state index in [2.05, 4.69) is 27.6 Å². The Labute approximate surface area is 212 Å². The van der Waals surface area contributed by atoms with Gasteiger partial charge in [0.2, 0.25) is 0 Å². The quantitative estimate of drug-likeness (QED) is 0.418. The standard InChI is InChI=1S/C27H29F2N5OS/c1-33-12-6-19(7-13-33)31-25(35)17-2-5-23-24(14-17)36-26-32-22(16-34(23)26)20-4-3-18(15-21(20)28)27(29)8-10-30-11-9-27/h2-5,14-16,19,30H,6-13H2,1H3,(H,31,35). The van der Waals surface area contributed by atoms with Gasteiger partial charge in [-0.25, -0.2) is 13.8 Å². The zero-order valence-electron chi connectivity index (χ0n) is 20.2. The number of imidazole rings is 1. The minimum atomic E-state index is -1.49. The number of aromatic nitrogens is 2. The van der Waals surface area contributed by atoms with Gasteiger partial charge in [0.1, 0.15) is 11.5 Å². The number of carbonyl (C=O) groups excluding carboxylic acids is 1. The van der Waals surface area contributed by atoms with Gasteiger partial charge in [-0.3, -0.25) is 9.20 Å². The Kier molecular flexibility index (Phi) is 6.02. The zero-order valence-corrected chi connectivity index (χ0v) is 21.0. The highest BCUT2D eigenvalue weighted by molar-refractivity contribution is 7.23. The van der Waals surface area contributed by atoms with Crippen LogP contribution in [0.2, 0.25) is 0 Å². The molecule has 2 aromatic heterocycles. The van der Waals surface area contributed by atoms with Crippen LogP contribution in [0.3, 0.4) is 0 Å². The molecule has 188 valence electrons. The number of carbonyl (C=O) groups is 1. The largest absolute Gasteiger partial charge is 0.349 e. The van der Waals surface area contributed by atoms with Gasteiger partial charge in [-0.1, -0.05) is 17.4 Å². The van der Waals surface area contributed by atoms with Gasteiger partial charge in [-0.15, -0.1) is 0 Å². The van der Waals surface area contributed by atoms with Crippen LogP contribution >= 0.6 is 11.3 Å². The fraction of sp³-hybridized carbons (Fsp3) is 0.407. The van der Waals surface area contributed by atoms with E-state index in [-0.39, 0.29) is 11.9 Å². The number of benzene rings is 2. The number of hydrogen-bond acceptors (Lipinski definition) is 5. The molecule has 0 aliphatic carbocycles. The van der Waals surface area contributed by atoms with E-state index < -0.39 is 11.5 Å². The van der Waals surface area contributed by atoms with Gasteiger partial charge in [0, 0.05) is 23.4 Å². The van der Waals surface area contributed by atoms with E-state index in [0.29, 0.717) is 48.3 Å². The summed E-state index contributed by atoms with van der Waals surface area (Å²) in [6.45, 7) is 3.16. The lowest BCUT2D eigenvalue weighted by Gasteiger charge is -2.30. The molecule has 0 spiro atoms. The second-order valence-electron chi connectivity index (χ2n) is 10.0. The van der Waals surface area contributed by atoms with Crippen LogP contribution in [0.15, 0.2) is 42.6 Å². The highest BCUT2D eigenvalue weighted by Crippen LogP contribution is 2.37. The molecular weight excluding hydrogens is 480 g/mol. The van der Waals surface area contributed by atoms with Crippen LogP contribution in [0.5, 0.6) is 0 Å². The molecule has 9 heteroatoms. The molecule has 0 bridgehead atoms. The van der Waals surface area contributed by atoms with Crippen LogP contribution < -0.4 is 10.6 Å². The lowest BCUT2D eigenvalue weighted by molar-refractivity contribution is 0.0917. The maximum Gasteiger partial charge on any atom is 0.251 e. The van der Waals surface area contributed by atoms with Crippen LogP contribution in [0, 0.1) is 5.82 Å². The van der Waals surface area contributed by atoms with Crippen molar-refractivity contribution in [3.63, 3.8) is 0 Å². The van der Waals surface area contributed by atoms with Crippen molar-refractivity contribution in [3.8, 4) is 11.3 Å². The maximum absolute atomic E-state index is 15.3. The van der Waals surface area contributed by atoms with Crippen molar-refractivity contribution in [1.29, 1.82) is 0 Å². The van der Waals surface area contributed by atoms with Gasteiger partial charge < -0.3 is 15.5 Å². The van der Waals surface area contributed by atoms with Crippen LogP contribution in [-0.4, -0.2) is 59.5 Å². The summed E-state index contributed by atoms with van der Waals surface area (Å²) in [5.41, 5.74) is 1.31. The molecule has 0 radical (unpaired) electrons. The van der Waals surface area contributed by atoms with Crippen molar-refractivity contribution in [2.45, 2.75) is 37.4 Å². The minimum absolute atomic E-state index is 0.0558. The van der Waals surface area contributed by atoms with Gasteiger partial charge >= 0.3 is 0 Å². The van der Waals surface area contributed by atoms with Crippen molar-refractivity contribution in [2.75, 3.05) is 33.2 Å². The smallest absolute Gasteiger partial charge is 0.251 e. The highest BCUT2D eigenvalue weighted by atomic mass is 32.1. The number of alkyl halides is 1. The molecule has 4 aromatic rings. The second kappa shape index (κ2) is 9.21. The van der Waals surface area contributed by atoms with E-state index in [9.17, 15) is 4.79 Å². The number of amides is 1. The Morgan fingerprint density at radius 1 is 1.17 bits per heavy atom. The number of hydrogen-bond donors (Lipinski definition) is 2. The molecular formula is C27H29F2N5OS. The molecule has 2 fully saturated rings. The summed E-state index contributed by atoms with van der Waals surface area (Å²) in [5, 5.41) is 6.31. The van der Waals surface area contributed by atoms with E-state index in [4.69, 9.17) is 0 Å². The fourth-order valence-corrected chi connectivity index (χ4v) is 6.35. The first-order chi connectivity index (χ1) is 17.4. The molecule has 1 amide bonds. The third-order valence-corrected chi connectivity index (χ3v) is 8.59. The van der Waals surface area contributed by atoms with Crippen molar-refractivity contribution in [2.24, 2.45) is 0 Å². The predicted molar refractivity (Wildman–Crippen MR) is 139 cm³/mol. The lowest BCUT2D eigenvalue weighted by atomic mass is 9.86. The first-order valence-electron chi connectivity index (χ1n) is 12.5. The summed E-state index contributed by atoms with van der Waals surface area (Å²) in [6.07, 6.45) is 4.41. The van der Waals surface area contributed by atoms with E-state index >= 15 is 8.78 Å². The number of halogens is 2. The summed E-state index contributed by atoms with van der Waals surface area (Å²) in [6, 6.07) is 10.5. The first-order valence-corrected chi connectivity index (χ1v) is 13.3. The number of rotatable bonds is 4. The SMILES string of the molecule is CN1CCC(NC(=O)c2ccc3c(c2)sc2nc(-c4ccc(C5(F)CCNCC5)cc4F)cn23)CC1. The predicted octanol–water partition coefficient (Wildman–Crippen LogP) is 4.73. The van der Waals surface area contributed by atoms with Gasteiger partial charge in [0.15, 0.2) is 4.96 Å². The third kappa shape index (κ3) is 4.29. The Bertz CT molecular complexity index is 1430. The van der Waals surface area contributed by atoms with E-state index in [1.165, 1.54) is 17.4 Å². The van der Waals surface area contributed by atoms with Crippen LogP contribution in [0.1, 0.15) is 41.6 Å². The number of piperidine rings is 2. The van der Waals surface area contributed by atoms with Gasteiger partial charge in [0.05, 0.1) is 15.9 Å². The number of thiazole rings is 1. The summed E-state index contributed by atoms with van der Waals surface area (Å²) < 4.78 is 33.2. The maximum atomic E-state index is 15.3. The number of fused-ring (bicyclic) bond motifs is 3. The molecule has 2 saturated heterocycles. The summed E-state index contributed by atoms with van der Waals surface area (Å²) in [5.74, 6) is -0.522. The van der Waals surface area contributed by atoms with Gasteiger partial charge in [-0.05, 0) is 94.8 Å². The Morgan fingerprint density at radius 2 is 1.94 bits per heavy atom. The Hall–Kier alpha value is -2.88. The molecule has 4 heterocycles. The number of likely N-dealkylation sites (tertiary alicyclic amines) is 1. The van der Waals surface area contributed by atoms with Crippen LogP contribution in [0.4, 0.5) is 8.78 Å². The average Bonchev–Trinajstić information content (AvgIpc) is 3.43. The molecule has 6 rings (SSSR count). The molecule has 6 nitrogen and oxygen atoms in total. The van der Waals surface area contributed by atoms with Crippen molar-refractivity contribution >= 4 is 32.4 Å². The van der Waals surface area contributed by atoms with Crippen LogP contribution in [0.25, 0.3) is 26.4 Å². The number of nitrogens with one attached hydrogen (secondary N) is 2. The van der Waals surface area contributed by atoms with Crippen LogP contribution in [-0.2, 0) is 5.67 Å². The molecule has 2 N–H and O–H groups in total. The normalized spacial score (nSPS) is 19.2. The van der Waals surface area contributed by atoms with Crippen molar-refractivity contribution in [1.82, 2.24) is 24.9 Å². The third-order valence-electron chi connectivity index (χ3n) is 7.57. The molecule has 0 atom stereocenters.